The molecule has 0 bridgehead atoms. The van der Waals surface area contributed by atoms with Crippen LogP contribution in [0.4, 0.5) is 0 Å². The average Bonchev–Trinajstić information content (AvgIpc) is 3.24. The first-order valence-electron chi connectivity index (χ1n) is 24.0. The molecule has 61 heavy (non-hydrogen) atoms. The van der Waals surface area contributed by atoms with Crippen LogP contribution in [0.3, 0.4) is 0 Å². The second-order valence-corrected chi connectivity index (χ2v) is 17.3. The zero-order chi connectivity index (χ0) is 44.8. The van der Waals surface area contributed by atoms with E-state index < -0.39 is 45.1 Å². The van der Waals surface area contributed by atoms with E-state index in [-0.39, 0.29) is 13.0 Å². The summed E-state index contributed by atoms with van der Waals surface area (Å²) in [6, 6.07) is -1.48. The third-order valence-corrected chi connectivity index (χ3v) is 11.0. The van der Waals surface area contributed by atoms with Crippen molar-refractivity contribution in [3.05, 3.63) is 72.9 Å². The lowest BCUT2D eigenvalue weighted by Gasteiger charge is -2.20. The van der Waals surface area contributed by atoms with Gasteiger partial charge in [-0.3, -0.25) is 18.6 Å². The van der Waals surface area contributed by atoms with Crippen molar-refractivity contribution in [1.82, 2.24) is 0 Å². The third-order valence-electron chi connectivity index (χ3n) is 10.0. The van der Waals surface area contributed by atoms with Crippen molar-refractivity contribution in [3.63, 3.8) is 0 Å². The van der Waals surface area contributed by atoms with Crippen molar-refractivity contribution in [2.45, 2.75) is 206 Å². The van der Waals surface area contributed by atoms with Crippen LogP contribution in [0, 0.1) is 0 Å². The molecule has 0 spiro atoms. The second kappa shape index (κ2) is 45.4. The van der Waals surface area contributed by atoms with Gasteiger partial charge >= 0.3 is 19.8 Å². The molecule has 0 aromatic heterocycles. The molecule has 3 unspecified atom stereocenters. The molecule has 11 heteroatoms. The summed E-state index contributed by atoms with van der Waals surface area (Å²) in [6.45, 7) is 3.73. The number of aliphatic carboxylic acids is 1. The molecule has 352 valence electrons. The number of carboxylic acids is 1. The predicted molar refractivity (Wildman–Crippen MR) is 254 cm³/mol. The van der Waals surface area contributed by atoms with E-state index in [0.29, 0.717) is 13.0 Å². The van der Waals surface area contributed by atoms with Crippen LogP contribution in [0.15, 0.2) is 72.9 Å². The Morgan fingerprint density at radius 1 is 0.541 bits per heavy atom. The van der Waals surface area contributed by atoms with Crippen LogP contribution < -0.4 is 5.73 Å². The molecule has 0 aromatic carbocycles. The van der Waals surface area contributed by atoms with Crippen molar-refractivity contribution in [1.29, 1.82) is 0 Å². The Morgan fingerprint density at radius 3 is 1.43 bits per heavy atom. The molecule has 0 aromatic rings. The summed E-state index contributed by atoms with van der Waals surface area (Å²) in [5, 5.41) is 8.91. The van der Waals surface area contributed by atoms with E-state index in [0.717, 1.165) is 96.3 Å². The van der Waals surface area contributed by atoms with Gasteiger partial charge in [0, 0.05) is 13.0 Å². The summed E-state index contributed by atoms with van der Waals surface area (Å²) in [6.07, 6.45) is 56.7. The third kappa shape index (κ3) is 45.3. The molecular formula is C50H88NO9P. The number of esters is 1. The zero-order valence-electron chi connectivity index (χ0n) is 38.5. The van der Waals surface area contributed by atoms with Crippen molar-refractivity contribution >= 4 is 19.8 Å². The predicted octanol–water partition coefficient (Wildman–Crippen LogP) is 13.8. The van der Waals surface area contributed by atoms with Gasteiger partial charge in [-0.25, -0.2) is 4.57 Å². The van der Waals surface area contributed by atoms with E-state index in [1.165, 1.54) is 70.6 Å². The molecule has 0 aliphatic rings. The fourth-order valence-corrected chi connectivity index (χ4v) is 7.09. The highest BCUT2D eigenvalue weighted by Crippen LogP contribution is 2.43. The summed E-state index contributed by atoms with van der Waals surface area (Å²) in [7, 11) is -4.63. The summed E-state index contributed by atoms with van der Waals surface area (Å²) in [5.41, 5.74) is 5.36. The maximum absolute atomic E-state index is 12.7. The molecule has 0 heterocycles. The van der Waals surface area contributed by atoms with Gasteiger partial charge < -0.3 is 25.2 Å². The van der Waals surface area contributed by atoms with E-state index in [1.54, 1.807) is 0 Å². The van der Waals surface area contributed by atoms with Crippen molar-refractivity contribution < 1.29 is 42.7 Å². The lowest BCUT2D eigenvalue weighted by atomic mass is 10.0. The minimum atomic E-state index is -4.63. The number of phosphoric acid groups is 1. The zero-order valence-corrected chi connectivity index (χ0v) is 39.4. The van der Waals surface area contributed by atoms with Gasteiger partial charge in [0.15, 0.2) is 0 Å². The van der Waals surface area contributed by atoms with Gasteiger partial charge in [-0.05, 0) is 64.2 Å². The van der Waals surface area contributed by atoms with Crippen LogP contribution in [0.2, 0.25) is 0 Å². The Hall–Kier alpha value is -2.59. The first-order chi connectivity index (χ1) is 29.7. The molecule has 3 atom stereocenters. The largest absolute Gasteiger partial charge is 0.480 e. The van der Waals surface area contributed by atoms with E-state index in [2.05, 4.69) is 86.8 Å². The molecule has 0 aliphatic carbocycles. The summed E-state index contributed by atoms with van der Waals surface area (Å²) in [4.78, 5) is 33.6. The molecule has 0 saturated heterocycles. The van der Waals surface area contributed by atoms with E-state index in [4.69, 9.17) is 29.4 Å². The highest BCUT2D eigenvalue weighted by atomic mass is 31.2. The Bertz CT molecular complexity index is 1250. The van der Waals surface area contributed by atoms with Crippen LogP contribution in [-0.4, -0.2) is 60.5 Å². The van der Waals surface area contributed by atoms with E-state index in [9.17, 15) is 19.0 Å². The van der Waals surface area contributed by atoms with Gasteiger partial charge in [0.05, 0.1) is 19.8 Å². The second-order valence-electron chi connectivity index (χ2n) is 15.9. The van der Waals surface area contributed by atoms with Gasteiger partial charge in [0.25, 0.3) is 0 Å². The quantitative estimate of drug-likeness (QED) is 0.0233. The first kappa shape index (κ1) is 58.4. The molecule has 0 saturated carbocycles. The van der Waals surface area contributed by atoms with Crippen molar-refractivity contribution in [3.8, 4) is 0 Å². The molecule has 0 fully saturated rings. The highest BCUT2D eigenvalue weighted by Gasteiger charge is 2.27. The normalized spacial score (nSPS) is 14.4. The number of carbonyl (C=O) groups excluding carboxylic acids is 1. The summed E-state index contributed by atoms with van der Waals surface area (Å²) < 4.78 is 33.4. The molecule has 4 N–H and O–H groups in total. The Labute approximate surface area is 372 Å². The smallest absolute Gasteiger partial charge is 0.472 e. The van der Waals surface area contributed by atoms with E-state index >= 15 is 0 Å². The Balaban J connectivity index is 4.22. The van der Waals surface area contributed by atoms with Gasteiger partial charge in [-0.15, -0.1) is 0 Å². The Morgan fingerprint density at radius 2 is 0.951 bits per heavy atom. The summed E-state index contributed by atoms with van der Waals surface area (Å²) >= 11 is 0. The number of hydrogen-bond acceptors (Lipinski definition) is 8. The minimum Gasteiger partial charge on any atom is -0.480 e. The fourth-order valence-electron chi connectivity index (χ4n) is 6.31. The number of rotatable bonds is 45. The lowest BCUT2D eigenvalue weighted by molar-refractivity contribution is -0.154. The minimum absolute atomic E-state index is 0.00191. The number of carboxylic acid groups (broad SMARTS) is 1. The number of allylic oxidation sites excluding steroid dienone is 12. The molecule has 0 rings (SSSR count). The molecule has 0 radical (unpaired) electrons. The van der Waals surface area contributed by atoms with Gasteiger partial charge in [0.1, 0.15) is 12.1 Å². The highest BCUT2D eigenvalue weighted by molar-refractivity contribution is 7.47. The van der Waals surface area contributed by atoms with Crippen LogP contribution in [-0.2, 0) is 32.7 Å². The number of hydrogen-bond donors (Lipinski definition) is 3. The number of ether oxygens (including phenoxy) is 2. The Kier molecular flexibility index (Phi) is 43.5. The van der Waals surface area contributed by atoms with Gasteiger partial charge in [-0.1, -0.05) is 196 Å². The topological polar surface area (TPSA) is 155 Å². The van der Waals surface area contributed by atoms with Crippen molar-refractivity contribution in [2.24, 2.45) is 5.73 Å². The monoisotopic (exact) mass is 878 g/mol. The number of unbranched alkanes of at least 4 members (excludes halogenated alkanes) is 19. The lowest BCUT2D eigenvalue weighted by Crippen LogP contribution is -2.34. The molecule has 0 amide bonds. The van der Waals surface area contributed by atoms with Crippen LogP contribution in [0.5, 0.6) is 0 Å². The fraction of sp³-hybridized carbons (Fsp3) is 0.720. The van der Waals surface area contributed by atoms with Gasteiger partial charge in [0.2, 0.25) is 0 Å². The SMILES string of the molecule is CC/C=C\C/C=C\C/C=C\C/C=C\C/C=C\C/C=C\CCCCCCCOCC(COP(=O)(O)OCC(N)C(=O)O)OC(=O)CCCCCCCCCCCCCCCCC. The van der Waals surface area contributed by atoms with Crippen molar-refractivity contribution in [2.75, 3.05) is 26.4 Å². The number of phosphoric ester groups is 1. The summed E-state index contributed by atoms with van der Waals surface area (Å²) in [5.74, 6) is -1.79. The number of carbonyl (C=O) groups is 2. The van der Waals surface area contributed by atoms with Gasteiger partial charge in [-0.2, -0.15) is 0 Å². The molecule has 10 nitrogen and oxygen atoms in total. The first-order valence-corrected chi connectivity index (χ1v) is 25.5. The van der Waals surface area contributed by atoms with Crippen LogP contribution in [0.25, 0.3) is 0 Å². The standard InChI is InChI=1S/C50H88NO9P/c1-3-5-7-9-11-13-15-17-19-20-21-22-23-24-25-26-27-29-31-33-35-37-39-41-43-57-44-47(45-58-61(55,56)59-46-48(51)50(53)54)60-49(52)42-40-38-36-34-32-30-28-18-16-14-12-10-8-6-4-2/h5,7,11,13,17,19,21-22,24-25,27,29,47-48H,3-4,6,8-10,12,14-16,18,20,23,26,28,30-46,51H2,1-2H3,(H,53,54)(H,55,56)/b7-5-,13-11-,19-17-,22-21-,25-24-,29-27-. The number of nitrogens with two attached hydrogens (primary N) is 1. The van der Waals surface area contributed by atoms with Crippen LogP contribution >= 0.6 is 7.82 Å². The molecule has 0 aliphatic heterocycles. The van der Waals surface area contributed by atoms with Crippen LogP contribution in [0.1, 0.15) is 194 Å². The van der Waals surface area contributed by atoms with E-state index in [1.807, 2.05) is 0 Å². The maximum atomic E-state index is 12.7. The molecular weight excluding hydrogens is 790 g/mol. The maximum Gasteiger partial charge on any atom is 0.472 e. The average molecular weight is 878 g/mol.